The van der Waals surface area contributed by atoms with Crippen LogP contribution in [0.3, 0.4) is 0 Å². The van der Waals surface area contributed by atoms with E-state index in [1.807, 2.05) is 12.3 Å². The quantitative estimate of drug-likeness (QED) is 0.794. The minimum absolute atomic E-state index is 0.0475. The van der Waals surface area contributed by atoms with Gasteiger partial charge in [-0.25, -0.2) is 4.39 Å². The van der Waals surface area contributed by atoms with Gasteiger partial charge in [-0.2, -0.15) is 0 Å². The summed E-state index contributed by atoms with van der Waals surface area (Å²) in [5, 5.41) is 3.32. The molecule has 82 valence electrons. The molecule has 1 unspecified atom stereocenters. The molecule has 1 aliphatic rings. The van der Waals surface area contributed by atoms with E-state index in [2.05, 4.69) is 5.32 Å². The second-order valence-electron chi connectivity index (χ2n) is 3.98. The van der Waals surface area contributed by atoms with E-state index in [1.54, 1.807) is 23.9 Å². The Hall–Kier alpha value is -0.540. The zero-order valence-corrected chi connectivity index (χ0v) is 9.74. The maximum absolute atomic E-state index is 13.7. The monoisotopic (exact) mass is 225 g/mol. The zero-order valence-electron chi connectivity index (χ0n) is 8.92. The summed E-state index contributed by atoms with van der Waals surface area (Å²) in [6.07, 6.45) is 4.04. The summed E-state index contributed by atoms with van der Waals surface area (Å²) in [7, 11) is 0. The average Bonchev–Trinajstić information content (AvgIpc) is 2.74. The first-order valence-corrected chi connectivity index (χ1v) is 6.56. The van der Waals surface area contributed by atoms with E-state index in [0.29, 0.717) is 5.92 Å². The fourth-order valence-electron chi connectivity index (χ4n) is 2.11. The van der Waals surface area contributed by atoms with Gasteiger partial charge in [-0.05, 0) is 50.2 Å². The molecule has 0 spiro atoms. The second-order valence-corrected chi connectivity index (χ2v) is 4.83. The van der Waals surface area contributed by atoms with Crippen molar-refractivity contribution in [1.29, 1.82) is 0 Å². The number of thioether (sulfide) groups is 1. The van der Waals surface area contributed by atoms with E-state index in [1.165, 1.54) is 6.42 Å². The lowest BCUT2D eigenvalue weighted by atomic mass is 9.98. The highest BCUT2D eigenvalue weighted by Crippen LogP contribution is 2.26. The Kier molecular flexibility index (Phi) is 3.65. The number of rotatable bonds is 3. The van der Waals surface area contributed by atoms with Crippen molar-refractivity contribution in [2.75, 3.05) is 19.3 Å². The smallest absolute Gasteiger partial charge is 0.127 e. The molecule has 1 N–H and O–H groups in total. The van der Waals surface area contributed by atoms with Crippen molar-refractivity contribution in [3.05, 3.63) is 29.6 Å². The predicted octanol–water partition coefficient (Wildman–Crippen LogP) is 2.70. The summed E-state index contributed by atoms with van der Waals surface area (Å²) in [5.41, 5.74) is 0.902. The third-order valence-corrected chi connectivity index (χ3v) is 3.77. The highest BCUT2D eigenvalue weighted by molar-refractivity contribution is 7.98. The zero-order chi connectivity index (χ0) is 10.7. The first-order chi connectivity index (χ1) is 7.31. The lowest BCUT2D eigenvalue weighted by Gasteiger charge is -2.12. The third-order valence-electron chi connectivity index (χ3n) is 2.95. The SMILES string of the molecule is CSc1cccc(F)c1CC1CCNC1. The number of halogens is 1. The summed E-state index contributed by atoms with van der Waals surface area (Å²) in [4.78, 5) is 1.09. The fourth-order valence-corrected chi connectivity index (χ4v) is 2.75. The van der Waals surface area contributed by atoms with Crippen LogP contribution in [-0.4, -0.2) is 19.3 Å². The van der Waals surface area contributed by atoms with Crippen molar-refractivity contribution in [1.82, 2.24) is 5.32 Å². The number of hydrogen-bond acceptors (Lipinski definition) is 2. The van der Waals surface area contributed by atoms with Crippen molar-refractivity contribution in [2.24, 2.45) is 5.92 Å². The molecule has 1 aromatic carbocycles. The van der Waals surface area contributed by atoms with Crippen LogP contribution in [0.15, 0.2) is 23.1 Å². The van der Waals surface area contributed by atoms with Crippen LogP contribution in [0, 0.1) is 11.7 Å². The van der Waals surface area contributed by atoms with E-state index in [9.17, 15) is 4.39 Å². The van der Waals surface area contributed by atoms with Crippen LogP contribution >= 0.6 is 11.8 Å². The average molecular weight is 225 g/mol. The molecule has 1 heterocycles. The van der Waals surface area contributed by atoms with Crippen LogP contribution in [0.1, 0.15) is 12.0 Å². The van der Waals surface area contributed by atoms with Gasteiger partial charge in [-0.3, -0.25) is 0 Å². The Labute approximate surface area is 94.5 Å². The number of benzene rings is 1. The van der Waals surface area contributed by atoms with Gasteiger partial charge in [-0.15, -0.1) is 11.8 Å². The van der Waals surface area contributed by atoms with Crippen LogP contribution in [0.2, 0.25) is 0 Å². The molecule has 1 fully saturated rings. The third kappa shape index (κ3) is 2.52. The molecule has 1 nitrogen and oxygen atoms in total. The van der Waals surface area contributed by atoms with Gasteiger partial charge in [0.05, 0.1) is 0 Å². The number of hydrogen-bond donors (Lipinski definition) is 1. The summed E-state index contributed by atoms with van der Waals surface area (Å²) in [6, 6.07) is 5.36. The summed E-state index contributed by atoms with van der Waals surface area (Å²) in [5.74, 6) is 0.557. The van der Waals surface area contributed by atoms with Crippen LogP contribution in [0.25, 0.3) is 0 Å². The molecule has 0 amide bonds. The molecular weight excluding hydrogens is 209 g/mol. The van der Waals surface area contributed by atoms with Gasteiger partial charge in [0.2, 0.25) is 0 Å². The van der Waals surface area contributed by atoms with Gasteiger partial charge in [-0.1, -0.05) is 6.07 Å². The van der Waals surface area contributed by atoms with Crippen LogP contribution < -0.4 is 5.32 Å². The molecule has 0 aliphatic carbocycles. The Bertz CT molecular complexity index is 334. The van der Waals surface area contributed by atoms with Gasteiger partial charge in [0.15, 0.2) is 0 Å². The van der Waals surface area contributed by atoms with Gasteiger partial charge in [0.25, 0.3) is 0 Å². The highest BCUT2D eigenvalue weighted by Gasteiger charge is 2.18. The van der Waals surface area contributed by atoms with Crippen LogP contribution in [0.4, 0.5) is 4.39 Å². The van der Waals surface area contributed by atoms with Crippen molar-refractivity contribution >= 4 is 11.8 Å². The minimum Gasteiger partial charge on any atom is -0.316 e. The first kappa shape index (κ1) is 11.0. The van der Waals surface area contributed by atoms with Gasteiger partial charge < -0.3 is 5.32 Å². The topological polar surface area (TPSA) is 12.0 Å². The molecular formula is C12H16FNS. The summed E-state index contributed by atoms with van der Waals surface area (Å²) < 4.78 is 13.7. The van der Waals surface area contributed by atoms with Crippen LogP contribution in [0.5, 0.6) is 0 Å². The molecule has 0 saturated carbocycles. The Morgan fingerprint density at radius 2 is 2.40 bits per heavy atom. The van der Waals surface area contributed by atoms with E-state index >= 15 is 0 Å². The lowest BCUT2D eigenvalue weighted by molar-refractivity contribution is 0.536. The predicted molar refractivity (Wildman–Crippen MR) is 62.9 cm³/mol. The highest BCUT2D eigenvalue weighted by atomic mass is 32.2. The largest absolute Gasteiger partial charge is 0.316 e. The maximum atomic E-state index is 13.7. The van der Waals surface area contributed by atoms with Gasteiger partial charge in [0, 0.05) is 10.5 Å². The molecule has 1 atom stereocenters. The molecule has 0 bridgehead atoms. The molecule has 1 saturated heterocycles. The van der Waals surface area contributed by atoms with Crippen LogP contribution in [-0.2, 0) is 6.42 Å². The Morgan fingerprint density at radius 1 is 1.53 bits per heavy atom. The minimum atomic E-state index is -0.0475. The van der Waals surface area contributed by atoms with E-state index < -0.39 is 0 Å². The molecule has 2 rings (SSSR count). The molecule has 1 aromatic rings. The Balaban J connectivity index is 2.17. The van der Waals surface area contributed by atoms with E-state index in [0.717, 1.165) is 30.0 Å². The normalized spacial score (nSPS) is 20.8. The van der Waals surface area contributed by atoms with E-state index in [-0.39, 0.29) is 5.82 Å². The van der Waals surface area contributed by atoms with Crippen molar-refractivity contribution in [3.63, 3.8) is 0 Å². The molecule has 15 heavy (non-hydrogen) atoms. The van der Waals surface area contributed by atoms with Crippen molar-refractivity contribution in [3.8, 4) is 0 Å². The molecule has 1 aliphatic heterocycles. The van der Waals surface area contributed by atoms with Gasteiger partial charge in [0.1, 0.15) is 5.82 Å². The maximum Gasteiger partial charge on any atom is 0.127 e. The summed E-state index contributed by atoms with van der Waals surface area (Å²) >= 11 is 1.63. The molecule has 3 heteroatoms. The Morgan fingerprint density at radius 3 is 3.07 bits per heavy atom. The first-order valence-electron chi connectivity index (χ1n) is 5.33. The van der Waals surface area contributed by atoms with E-state index in [4.69, 9.17) is 0 Å². The standard InChI is InChI=1S/C12H16FNS/c1-15-12-4-2-3-11(13)10(12)7-9-5-6-14-8-9/h2-4,9,14H,5-8H2,1H3. The molecule has 0 aromatic heterocycles. The summed E-state index contributed by atoms with van der Waals surface area (Å²) in [6.45, 7) is 2.11. The van der Waals surface area contributed by atoms with Gasteiger partial charge >= 0.3 is 0 Å². The number of nitrogens with one attached hydrogen (secondary N) is 1. The molecule has 0 radical (unpaired) electrons. The second kappa shape index (κ2) is 4.99. The van der Waals surface area contributed by atoms with Crippen molar-refractivity contribution in [2.45, 2.75) is 17.7 Å². The van der Waals surface area contributed by atoms with Crippen molar-refractivity contribution < 1.29 is 4.39 Å². The lowest BCUT2D eigenvalue weighted by Crippen LogP contribution is -2.11. The fraction of sp³-hybridized carbons (Fsp3) is 0.500.